The molecule has 0 saturated carbocycles. The first-order valence-electron chi connectivity index (χ1n) is 9.07. The van der Waals surface area contributed by atoms with Crippen molar-refractivity contribution < 1.29 is 23.2 Å². The SMILES string of the molecule is Cc1ccc(C2(C)NC(=O)N(CC(=O)NC(C)c3ccc(F)cc3F)C2=O)cc1. The Bertz CT molecular complexity index is 978. The third-order valence-electron chi connectivity index (χ3n) is 5.01. The molecular weight excluding hydrogens is 380 g/mol. The first-order valence-corrected chi connectivity index (χ1v) is 9.07. The van der Waals surface area contributed by atoms with Crippen molar-refractivity contribution in [2.24, 2.45) is 0 Å². The molecule has 2 atom stereocenters. The van der Waals surface area contributed by atoms with Gasteiger partial charge in [-0.15, -0.1) is 0 Å². The van der Waals surface area contributed by atoms with E-state index >= 15 is 0 Å². The van der Waals surface area contributed by atoms with Gasteiger partial charge in [-0.3, -0.25) is 14.5 Å². The van der Waals surface area contributed by atoms with Crippen molar-refractivity contribution in [3.8, 4) is 0 Å². The van der Waals surface area contributed by atoms with Crippen LogP contribution in [0.15, 0.2) is 42.5 Å². The number of hydrogen-bond donors (Lipinski definition) is 2. The maximum absolute atomic E-state index is 13.9. The van der Waals surface area contributed by atoms with Crippen molar-refractivity contribution in [3.63, 3.8) is 0 Å². The van der Waals surface area contributed by atoms with Crippen molar-refractivity contribution in [1.82, 2.24) is 15.5 Å². The van der Waals surface area contributed by atoms with Crippen molar-refractivity contribution in [2.75, 3.05) is 6.54 Å². The lowest BCUT2D eigenvalue weighted by Gasteiger charge is -2.22. The quantitative estimate of drug-likeness (QED) is 0.757. The summed E-state index contributed by atoms with van der Waals surface area (Å²) in [7, 11) is 0. The first kappa shape index (κ1) is 20.4. The van der Waals surface area contributed by atoms with Gasteiger partial charge in [0, 0.05) is 11.6 Å². The molecule has 152 valence electrons. The van der Waals surface area contributed by atoms with Gasteiger partial charge in [-0.25, -0.2) is 13.6 Å². The Morgan fingerprint density at radius 2 is 1.83 bits per heavy atom. The molecule has 1 saturated heterocycles. The number of halogens is 2. The number of benzene rings is 2. The molecule has 2 aromatic carbocycles. The number of urea groups is 1. The van der Waals surface area contributed by atoms with Gasteiger partial charge in [0.15, 0.2) is 0 Å². The summed E-state index contributed by atoms with van der Waals surface area (Å²) in [5.74, 6) is -2.71. The lowest BCUT2D eigenvalue weighted by molar-refractivity contribution is -0.135. The fourth-order valence-corrected chi connectivity index (χ4v) is 3.28. The molecule has 8 heteroatoms. The van der Waals surface area contributed by atoms with Crippen LogP contribution in [0.1, 0.15) is 36.6 Å². The third-order valence-corrected chi connectivity index (χ3v) is 5.01. The second-order valence-electron chi connectivity index (χ2n) is 7.27. The van der Waals surface area contributed by atoms with E-state index < -0.39 is 47.6 Å². The molecule has 0 bridgehead atoms. The molecule has 0 radical (unpaired) electrons. The molecule has 1 heterocycles. The van der Waals surface area contributed by atoms with E-state index in [1.54, 1.807) is 19.1 Å². The van der Waals surface area contributed by atoms with Crippen LogP contribution in [0.3, 0.4) is 0 Å². The van der Waals surface area contributed by atoms with Gasteiger partial charge in [0.25, 0.3) is 5.91 Å². The molecule has 2 aromatic rings. The molecule has 1 aliphatic heterocycles. The number of rotatable bonds is 5. The highest BCUT2D eigenvalue weighted by Gasteiger charge is 2.49. The van der Waals surface area contributed by atoms with Crippen LogP contribution < -0.4 is 10.6 Å². The minimum absolute atomic E-state index is 0.0986. The normalized spacial score (nSPS) is 19.8. The molecular formula is C21H21F2N3O3. The van der Waals surface area contributed by atoms with Crippen molar-refractivity contribution in [3.05, 3.63) is 70.8 Å². The summed E-state index contributed by atoms with van der Waals surface area (Å²) in [6, 6.07) is 8.74. The van der Waals surface area contributed by atoms with Crippen LogP contribution in [0.5, 0.6) is 0 Å². The van der Waals surface area contributed by atoms with E-state index in [0.29, 0.717) is 5.56 Å². The zero-order chi connectivity index (χ0) is 21.3. The highest BCUT2D eigenvalue weighted by Crippen LogP contribution is 2.29. The molecule has 6 nitrogen and oxygen atoms in total. The molecule has 0 aromatic heterocycles. The van der Waals surface area contributed by atoms with Crippen LogP contribution in [0.2, 0.25) is 0 Å². The smallest absolute Gasteiger partial charge is 0.325 e. The fourth-order valence-electron chi connectivity index (χ4n) is 3.28. The number of aryl methyl sites for hydroxylation is 1. The minimum Gasteiger partial charge on any atom is -0.348 e. The molecule has 0 aliphatic carbocycles. The van der Waals surface area contributed by atoms with Crippen LogP contribution in [-0.2, 0) is 15.1 Å². The Balaban J connectivity index is 1.71. The molecule has 3 rings (SSSR count). The monoisotopic (exact) mass is 401 g/mol. The number of nitrogens with one attached hydrogen (secondary N) is 2. The van der Waals surface area contributed by atoms with Crippen LogP contribution in [0.4, 0.5) is 13.6 Å². The predicted molar refractivity (Wildman–Crippen MR) is 102 cm³/mol. The molecule has 2 N–H and O–H groups in total. The fraction of sp³-hybridized carbons (Fsp3) is 0.286. The zero-order valence-electron chi connectivity index (χ0n) is 16.3. The van der Waals surface area contributed by atoms with E-state index in [9.17, 15) is 23.2 Å². The first-order chi connectivity index (χ1) is 13.6. The lowest BCUT2D eigenvalue weighted by atomic mass is 9.91. The number of carbonyl (C=O) groups excluding carboxylic acids is 3. The van der Waals surface area contributed by atoms with E-state index in [2.05, 4.69) is 10.6 Å². The third kappa shape index (κ3) is 3.96. The number of carbonyl (C=O) groups is 3. The van der Waals surface area contributed by atoms with Gasteiger partial charge in [-0.1, -0.05) is 35.9 Å². The van der Waals surface area contributed by atoms with Crippen molar-refractivity contribution in [2.45, 2.75) is 32.4 Å². The molecule has 0 spiro atoms. The van der Waals surface area contributed by atoms with Gasteiger partial charge in [-0.05, 0) is 32.4 Å². The second-order valence-corrected chi connectivity index (χ2v) is 7.27. The van der Waals surface area contributed by atoms with Gasteiger partial charge < -0.3 is 10.6 Å². The average Bonchev–Trinajstić information content (AvgIpc) is 2.86. The number of imide groups is 1. The average molecular weight is 401 g/mol. The maximum atomic E-state index is 13.9. The summed E-state index contributed by atoms with van der Waals surface area (Å²) in [6.45, 7) is 4.49. The summed E-state index contributed by atoms with van der Waals surface area (Å²) in [5.41, 5.74) is 0.430. The van der Waals surface area contributed by atoms with Crippen molar-refractivity contribution in [1.29, 1.82) is 0 Å². The Morgan fingerprint density at radius 1 is 1.17 bits per heavy atom. The van der Waals surface area contributed by atoms with E-state index in [0.717, 1.165) is 22.6 Å². The van der Waals surface area contributed by atoms with Crippen LogP contribution in [-0.4, -0.2) is 29.3 Å². The Hall–Kier alpha value is -3.29. The molecule has 1 aliphatic rings. The van der Waals surface area contributed by atoms with E-state index in [4.69, 9.17) is 0 Å². The summed E-state index contributed by atoms with van der Waals surface area (Å²) in [5, 5.41) is 5.15. The molecule has 29 heavy (non-hydrogen) atoms. The molecule has 4 amide bonds. The Morgan fingerprint density at radius 3 is 2.45 bits per heavy atom. The predicted octanol–water partition coefficient (Wildman–Crippen LogP) is 2.92. The van der Waals surface area contributed by atoms with E-state index in [-0.39, 0.29) is 5.56 Å². The molecule has 2 unspecified atom stereocenters. The summed E-state index contributed by atoms with van der Waals surface area (Å²) in [6.07, 6.45) is 0. The highest BCUT2D eigenvalue weighted by atomic mass is 19.1. The van der Waals surface area contributed by atoms with Crippen LogP contribution in [0, 0.1) is 18.6 Å². The zero-order valence-corrected chi connectivity index (χ0v) is 16.3. The Labute approximate surface area is 166 Å². The lowest BCUT2D eigenvalue weighted by Crippen LogP contribution is -2.43. The minimum atomic E-state index is -1.28. The summed E-state index contributed by atoms with van der Waals surface area (Å²) >= 11 is 0. The number of amides is 4. The van der Waals surface area contributed by atoms with Crippen LogP contribution in [0.25, 0.3) is 0 Å². The summed E-state index contributed by atoms with van der Waals surface area (Å²) in [4.78, 5) is 38.4. The maximum Gasteiger partial charge on any atom is 0.325 e. The topological polar surface area (TPSA) is 78.5 Å². The van der Waals surface area contributed by atoms with Gasteiger partial charge in [0.2, 0.25) is 5.91 Å². The standard InChI is InChI=1S/C21H21F2N3O3/c1-12-4-6-14(7-5-12)21(3)19(28)26(20(29)25-21)11-18(27)24-13(2)16-9-8-15(22)10-17(16)23/h4-10,13H,11H2,1-3H3,(H,24,27)(H,25,29). The second kappa shape index (κ2) is 7.62. The highest BCUT2D eigenvalue weighted by molar-refractivity contribution is 6.09. The van der Waals surface area contributed by atoms with Gasteiger partial charge in [0.05, 0.1) is 6.04 Å². The van der Waals surface area contributed by atoms with Gasteiger partial charge in [-0.2, -0.15) is 0 Å². The Kier molecular flexibility index (Phi) is 5.37. The van der Waals surface area contributed by atoms with Gasteiger partial charge >= 0.3 is 6.03 Å². The van der Waals surface area contributed by atoms with Crippen molar-refractivity contribution >= 4 is 17.8 Å². The largest absolute Gasteiger partial charge is 0.348 e. The van der Waals surface area contributed by atoms with E-state index in [1.165, 1.54) is 13.0 Å². The molecule has 1 fully saturated rings. The van der Waals surface area contributed by atoms with Gasteiger partial charge in [0.1, 0.15) is 23.7 Å². The number of hydrogen-bond acceptors (Lipinski definition) is 3. The van der Waals surface area contributed by atoms with E-state index in [1.807, 2.05) is 19.1 Å². The van der Waals surface area contributed by atoms with Crippen LogP contribution >= 0.6 is 0 Å². The number of nitrogens with zero attached hydrogens (tertiary/aromatic N) is 1. The summed E-state index contributed by atoms with van der Waals surface area (Å²) < 4.78 is 26.9.